The average Bonchev–Trinajstić information content (AvgIpc) is 2.25. The fourth-order valence-corrected chi connectivity index (χ4v) is 1.42. The Hall–Kier alpha value is -1.43. The smallest absolute Gasteiger partial charge is 0.226 e. The van der Waals surface area contributed by atoms with Gasteiger partial charge in [0.2, 0.25) is 12.3 Å². The summed E-state index contributed by atoms with van der Waals surface area (Å²) in [7, 11) is 0. The van der Waals surface area contributed by atoms with Crippen LogP contribution in [0.1, 0.15) is 6.42 Å². The molecule has 0 heterocycles. The van der Waals surface area contributed by atoms with Gasteiger partial charge in [-0.1, -0.05) is 6.07 Å². The molecule has 0 aliphatic carbocycles. The van der Waals surface area contributed by atoms with E-state index in [0.717, 1.165) is 0 Å². The Bertz CT molecular complexity index is 398. The van der Waals surface area contributed by atoms with E-state index in [2.05, 4.69) is 26.6 Å². The highest BCUT2D eigenvalue weighted by atomic mass is 79.9. The van der Waals surface area contributed by atoms with Gasteiger partial charge in [0, 0.05) is 13.0 Å². The molecular weight excluding hydrogens is 279 g/mol. The van der Waals surface area contributed by atoms with Crippen LogP contribution in [0.3, 0.4) is 0 Å². The van der Waals surface area contributed by atoms with Crippen LogP contribution in [0.2, 0.25) is 0 Å². The molecule has 0 saturated carbocycles. The Morgan fingerprint density at radius 1 is 1.50 bits per heavy atom. The maximum absolute atomic E-state index is 13.4. The van der Waals surface area contributed by atoms with Gasteiger partial charge in [-0.2, -0.15) is 0 Å². The Morgan fingerprint density at radius 3 is 2.94 bits per heavy atom. The lowest BCUT2D eigenvalue weighted by Crippen LogP contribution is -2.20. The van der Waals surface area contributed by atoms with Gasteiger partial charge in [0.25, 0.3) is 0 Å². The minimum atomic E-state index is -0.515. The molecule has 2 amide bonds. The molecular formula is C10H10BrFN2O2. The van der Waals surface area contributed by atoms with Crippen LogP contribution in [0.25, 0.3) is 0 Å². The standard InChI is InChI=1S/C10H10BrFN2O2/c11-7-2-1-3-8(10(7)12)14-9(16)4-5-13-6-15/h1-3,6H,4-5H2,(H,13,15)(H,14,16). The van der Waals surface area contributed by atoms with Gasteiger partial charge in [-0.3, -0.25) is 9.59 Å². The fourth-order valence-electron chi connectivity index (χ4n) is 1.06. The largest absolute Gasteiger partial charge is 0.358 e. The first-order chi connectivity index (χ1) is 7.65. The number of halogens is 2. The number of nitrogens with one attached hydrogen (secondary N) is 2. The summed E-state index contributed by atoms with van der Waals surface area (Å²) < 4.78 is 13.7. The van der Waals surface area contributed by atoms with E-state index >= 15 is 0 Å². The third-order valence-corrected chi connectivity index (χ3v) is 2.42. The molecule has 0 unspecified atom stereocenters. The number of benzene rings is 1. The molecule has 1 aromatic carbocycles. The maximum atomic E-state index is 13.4. The van der Waals surface area contributed by atoms with Crippen LogP contribution in [0.15, 0.2) is 22.7 Å². The number of hydrogen-bond donors (Lipinski definition) is 2. The van der Waals surface area contributed by atoms with E-state index in [4.69, 9.17) is 0 Å². The van der Waals surface area contributed by atoms with E-state index in [9.17, 15) is 14.0 Å². The highest BCUT2D eigenvalue weighted by Gasteiger charge is 2.08. The van der Waals surface area contributed by atoms with E-state index in [0.29, 0.717) is 6.41 Å². The first kappa shape index (κ1) is 12.6. The van der Waals surface area contributed by atoms with E-state index in [1.165, 1.54) is 6.07 Å². The summed E-state index contributed by atoms with van der Waals surface area (Å²) in [6, 6.07) is 4.62. The first-order valence-electron chi connectivity index (χ1n) is 4.56. The molecule has 4 nitrogen and oxygen atoms in total. The zero-order chi connectivity index (χ0) is 12.0. The first-order valence-corrected chi connectivity index (χ1v) is 5.35. The van der Waals surface area contributed by atoms with Crippen LogP contribution in [-0.2, 0) is 9.59 Å². The van der Waals surface area contributed by atoms with E-state index in [1.54, 1.807) is 12.1 Å². The summed E-state index contributed by atoms with van der Waals surface area (Å²) in [6.45, 7) is 0.227. The van der Waals surface area contributed by atoms with E-state index in [-0.39, 0.29) is 29.0 Å². The highest BCUT2D eigenvalue weighted by Crippen LogP contribution is 2.22. The van der Waals surface area contributed by atoms with Crippen molar-refractivity contribution in [2.75, 3.05) is 11.9 Å². The topological polar surface area (TPSA) is 58.2 Å². The Labute approximate surface area is 100 Å². The zero-order valence-electron chi connectivity index (χ0n) is 8.30. The van der Waals surface area contributed by atoms with Crippen molar-refractivity contribution in [1.82, 2.24) is 5.32 Å². The van der Waals surface area contributed by atoms with Crippen molar-refractivity contribution in [2.24, 2.45) is 0 Å². The van der Waals surface area contributed by atoms with Crippen LogP contribution in [-0.4, -0.2) is 18.9 Å². The molecule has 86 valence electrons. The predicted molar refractivity (Wildman–Crippen MR) is 61.4 cm³/mol. The van der Waals surface area contributed by atoms with E-state index in [1.807, 2.05) is 0 Å². The number of carbonyl (C=O) groups is 2. The molecule has 0 radical (unpaired) electrons. The summed E-state index contributed by atoms with van der Waals surface area (Å²) in [4.78, 5) is 21.2. The third kappa shape index (κ3) is 3.62. The molecule has 0 spiro atoms. The van der Waals surface area contributed by atoms with Crippen molar-refractivity contribution >= 4 is 33.9 Å². The fraction of sp³-hybridized carbons (Fsp3) is 0.200. The van der Waals surface area contributed by atoms with Gasteiger partial charge >= 0.3 is 0 Å². The lowest BCUT2D eigenvalue weighted by atomic mass is 10.3. The minimum Gasteiger partial charge on any atom is -0.358 e. The van der Waals surface area contributed by atoms with Crippen molar-refractivity contribution < 1.29 is 14.0 Å². The molecule has 0 atom stereocenters. The molecule has 6 heteroatoms. The van der Waals surface area contributed by atoms with Gasteiger partial charge in [-0.15, -0.1) is 0 Å². The quantitative estimate of drug-likeness (QED) is 0.640. The van der Waals surface area contributed by atoms with Crippen molar-refractivity contribution in [2.45, 2.75) is 6.42 Å². The van der Waals surface area contributed by atoms with Crippen molar-refractivity contribution in [3.8, 4) is 0 Å². The summed E-state index contributed by atoms with van der Waals surface area (Å²) >= 11 is 3.01. The number of carbonyl (C=O) groups excluding carboxylic acids is 2. The molecule has 0 fully saturated rings. The second kappa shape index (κ2) is 6.22. The Balaban J connectivity index is 2.56. The highest BCUT2D eigenvalue weighted by molar-refractivity contribution is 9.10. The molecule has 0 aliphatic heterocycles. The third-order valence-electron chi connectivity index (χ3n) is 1.81. The van der Waals surface area contributed by atoms with Crippen LogP contribution < -0.4 is 10.6 Å². The van der Waals surface area contributed by atoms with Crippen LogP contribution in [0.5, 0.6) is 0 Å². The second-order valence-corrected chi connectivity index (χ2v) is 3.83. The number of rotatable bonds is 5. The summed E-state index contributed by atoms with van der Waals surface area (Å²) in [5.41, 5.74) is 0.116. The van der Waals surface area contributed by atoms with Gasteiger partial charge in [0.1, 0.15) is 0 Å². The molecule has 16 heavy (non-hydrogen) atoms. The van der Waals surface area contributed by atoms with Gasteiger partial charge < -0.3 is 10.6 Å². The summed E-state index contributed by atoms with van der Waals surface area (Å²) in [6.07, 6.45) is 0.609. The minimum absolute atomic E-state index is 0.102. The number of hydrogen-bond acceptors (Lipinski definition) is 2. The van der Waals surface area contributed by atoms with Gasteiger partial charge in [-0.05, 0) is 28.1 Å². The predicted octanol–water partition coefficient (Wildman–Crippen LogP) is 1.66. The SMILES string of the molecule is O=CNCCC(=O)Nc1cccc(Br)c1F. The lowest BCUT2D eigenvalue weighted by molar-refractivity contribution is -0.116. The summed E-state index contributed by atoms with van der Waals surface area (Å²) in [5.74, 6) is -0.870. The monoisotopic (exact) mass is 288 g/mol. The van der Waals surface area contributed by atoms with Crippen LogP contribution in [0.4, 0.5) is 10.1 Å². The van der Waals surface area contributed by atoms with E-state index < -0.39 is 5.82 Å². The zero-order valence-corrected chi connectivity index (χ0v) is 9.88. The summed E-state index contributed by atoms with van der Waals surface area (Å²) in [5, 5.41) is 4.76. The molecule has 0 aromatic heterocycles. The Kier molecular flexibility index (Phi) is 4.91. The van der Waals surface area contributed by atoms with Gasteiger partial charge in [0.05, 0.1) is 10.2 Å². The van der Waals surface area contributed by atoms with Gasteiger partial charge in [0.15, 0.2) is 5.82 Å². The molecule has 0 saturated heterocycles. The van der Waals surface area contributed by atoms with Crippen molar-refractivity contribution in [3.63, 3.8) is 0 Å². The molecule has 0 bridgehead atoms. The van der Waals surface area contributed by atoms with Crippen molar-refractivity contribution in [1.29, 1.82) is 0 Å². The Morgan fingerprint density at radius 2 is 2.25 bits per heavy atom. The van der Waals surface area contributed by atoms with Crippen LogP contribution >= 0.6 is 15.9 Å². The number of anilines is 1. The normalized spacial score (nSPS) is 9.62. The van der Waals surface area contributed by atoms with Crippen molar-refractivity contribution in [3.05, 3.63) is 28.5 Å². The average molecular weight is 289 g/mol. The second-order valence-electron chi connectivity index (χ2n) is 2.97. The van der Waals surface area contributed by atoms with Crippen LogP contribution in [0, 0.1) is 5.82 Å². The molecule has 0 aliphatic rings. The molecule has 1 aromatic rings. The number of amides is 2. The molecule has 1 rings (SSSR count). The lowest BCUT2D eigenvalue weighted by Gasteiger charge is -2.06. The maximum Gasteiger partial charge on any atom is 0.226 e. The van der Waals surface area contributed by atoms with Gasteiger partial charge in [-0.25, -0.2) is 4.39 Å². The molecule has 2 N–H and O–H groups in total.